The third-order valence-electron chi connectivity index (χ3n) is 4.63. The van der Waals surface area contributed by atoms with Crippen molar-refractivity contribution in [2.45, 2.75) is 12.2 Å². The minimum Gasteiger partial charge on any atom is -0.457 e. The zero-order valence-electron chi connectivity index (χ0n) is 18.1. The van der Waals surface area contributed by atoms with Crippen molar-refractivity contribution in [3.63, 3.8) is 0 Å². The minimum absolute atomic E-state index is 0.0449. The summed E-state index contributed by atoms with van der Waals surface area (Å²) in [5, 5.41) is 7.33. The highest BCUT2D eigenvalue weighted by Crippen LogP contribution is 2.47. The number of anilines is 2. The quantitative estimate of drug-likeness (QED) is 0.379. The minimum atomic E-state index is -4.89. The van der Waals surface area contributed by atoms with Gasteiger partial charge in [-0.25, -0.2) is 4.79 Å². The van der Waals surface area contributed by atoms with Gasteiger partial charge in [0, 0.05) is 37.1 Å². The highest BCUT2D eigenvalue weighted by molar-refractivity contribution is 6.34. The highest BCUT2D eigenvalue weighted by Gasteiger charge is 2.65. The summed E-state index contributed by atoms with van der Waals surface area (Å²) < 4.78 is 67.0. The number of nitrogens with zero attached hydrogens (tertiary/aromatic N) is 1. The summed E-state index contributed by atoms with van der Waals surface area (Å²) >= 11 is 6.21. The number of benzene rings is 2. The topological polar surface area (TPSA) is 111 Å². The van der Waals surface area contributed by atoms with Crippen LogP contribution < -0.4 is 30.2 Å². The van der Waals surface area contributed by atoms with E-state index >= 15 is 0 Å². The Morgan fingerprint density at radius 1 is 0.917 bits per heavy atom. The second kappa shape index (κ2) is 9.41. The van der Waals surface area contributed by atoms with Gasteiger partial charge in [-0.3, -0.25) is 9.78 Å². The second-order valence-corrected chi connectivity index (χ2v) is 7.59. The molecule has 4 rings (SSSR count). The van der Waals surface area contributed by atoms with Gasteiger partial charge in [0.1, 0.15) is 17.2 Å². The van der Waals surface area contributed by atoms with E-state index in [1.807, 2.05) is 0 Å². The molecule has 0 saturated carbocycles. The monoisotopic (exact) mass is 526 g/mol. The Hall–Kier alpha value is -4.26. The van der Waals surface area contributed by atoms with E-state index in [4.69, 9.17) is 16.3 Å². The van der Waals surface area contributed by atoms with Gasteiger partial charge in [0.25, 0.3) is 5.91 Å². The number of urea groups is 1. The number of hydrogen-bond acceptors (Lipinski definition) is 6. The number of carbonyl (C=O) groups is 2. The van der Waals surface area contributed by atoms with Crippen LogP contribution in [0.5, 0.6) is 23.0 Å². The SMILES string of the molecule is CNC(=O)c1cc(Oc2ccc(NC(=O)Nc3ccc4c(c3)OC(F)(F)C(F)(F)O4)c(Cl)c2)ccn1. The fourth-order valence-corrected chi connectivity index (χ4v) is 3.17. The molecular weight excluding hydrogens is 512 g/mol. The van der Waals surface area contributed by atoms with E-state index in [2.05, 4.69) is 30.4 Å². The summed E-state index contributed by atoms with van der Waals surface area (Å²) in [6.07, 6.45) is -8.34. The summed E-state index contributed by atoms with van der Waals surface area (Å²) in [5.41, 5.74) is 0.273. The molecule has 0 fully saturated rings. The van der Waals surface area contributed by atoms with Crippen molar-refractivity contribution in [2.75, 3.05) is 17.7 Å². The standard InChI is InChI=1S/C22H15ClF4N4O5/c1-28-19(32)16-10-13(6-7-29-16)34-12-3-4-15(14(23)9-12)31-20(33)30-11-2-5-17-18(8-11)36-22(26,27)21(24,25)35-17/h2-10H,1H3,(H,28,32)(H2,30,31,33). The smallest absolute Gasteiger partial charge is 0.457 e. The number of ether oxygens (including phenoxy) is 3. The number of pyridine rings is 1. The fraction of sp³-hybridized carbons (Fsp3) is 0.136. The van der Waals surface area contributed by atoms with E-state index in [-0.39, 0.29) is 22.1 Å². The van der Waals surface area contributed by atoms with Crippen LogP contribution in [0.25, 0.3) is 0 Å². The molecule has 0 aliphatic carbocycles. The Bertz CT molecular complexity index is 1340. The van der Waals surface area contributed by atoms with Crippen LogP contribution in [0.15, 0.2) is 54.7 Å². The van der Waals surface area contributed by atoms with E-state index in [1.54, 1.807) is 0 Å². The first-order valence-corrected chi connectivity index (χ1v) is 10.4. The Morgan fingerprint density at radius 2 is 1.61 bits per heavy atom. The summed E-state index contributed by atoms with van der Waals surface area (Å²) in [7, 11) is 1.46. The van der Waals surface area contributed by atoms with Gasteiger partial charge < -0.3 is 30.2 Å². The molecule has 0 unspecified atom stereocenters. The third kappa shape index (κ3) is 5.20. The van der Waals surface area contributed by atoms with Crippen molar-refractivity contribution in [1.82, 2.24) is 10.3 Å². The van der Waals surface area contributed by atoms with E-state index < -0.39 is 35.7 Å². The maximum Gasteiger partial charge on any atom is 0.507 e. The van der Waals surface area contributed by atoms with Crippen LogP contribution in [0.2, 0.25) is 5.02 Å². The summed E-state index contributed by atoms with van der Waals surface area (Å²) in [6.45, 7) is 0. The van der Waals surface area contributed by atoms with E-state index in [9.17, 15) is 27.2 Å². The maximum atomic E-state index is 13.4. The lowest BCUT2D eigenvalue weighted by atomic mass is 10.2. The van der Waals surface area contributed by atoms with Crippen LogP contribution in [0.1, 0.15) is 10.5 Å². The number of rotatable bonds is 5. The zero-order chi connectivity index (χ0) is 26.1. The number of halogens is 5. The van der Waals surface area contributed by atoms with Gasteiger partial charge in [-0.2, -0.15) is 17.6 Å². The van der Waals surface area contributed by atoms with Gasteiger partial charge in [-0.1, -0.05) is 11.6 Å². The molecule has 2 aromatic carbocycles. The molecular formula is C22H15ClF4N4O5. The van der Waals surface area contributed by atoms with Crippen molar-refractivity contribution < 1.29 is 41.4 Å². The molecule has 36 heavy (non-hydrogen) atoms. The van der Waals surface area contributed by atoms with Gasteiger partial charge in [0.15, 0.2) is 11.5 Å². The normalized spacial score (nSPS) is 14.9. The lowest BCUT2D eigenvalue weighted by Crippen LogP contribution is -2.52. The zero-order valence-corrected chi connectivity index (χ0v) is 18.8. The lowest BCUT2D eigenvalue weighted by Gasteiger charge is -2.31. The molecule has 2 heterocycles. The molecule has 1 aromatic heterocycles. The largest absolute Gasteiger partial charge is 0.507 e. The summed E-state index contributed by atoms with van der Waals surface area (Å²) in [6, 6.07) is 9.48. The summed E-state index contributed by atoms with van der Waals surface area (Å²) in [5.74, 6) is -1.08. The van der Waals surface area contributed by atoms with Crippen LogP contribution >= 0.6 is 11.6 Å². The van der Waals surface area contributed by atoms with Crippen molar-refractivity contribution in [1.29, 1.82) is 0 Å². The number of aromatic nitrogens is 1. The third-order valence-corrected chi connectivity index (χ3v) is 4.94. The Morgan fingerprint density at radius 3 is 2.31 bits per heavy atom. The molecule has 14 heteroatoms. The van der Waals surface area contributed by atoms with Gasteiger partial charge in [0.05, 0.1) is 10.7 Å². The molecule has 1 aliphatic rings. The number of alkyl halides is 4. The summed E-state index contributed by atoms with van der Waals surface area (Å²) in [4.78, 5) is 28.0. The number of hydrogen-bond donors (Lipinski definition) is 3. The van der Waals surface area contributed by atoms with Crippen molar-refractivity contribution in [3.05, 3.63) is 65.4 Å². The molecule has 0 atom stereocenters. The number of amides is 3. The van der Waals surface area contributed by atoms with Gasteiger partial charge in [-0.05, 0) is 30.3 Å². The van der Waals surface area contributed by atoms with Crippen molar-refractivity contribution in [2.24, 2.45) is 0 Å². The molecule has 9 nitrogen and oxygen atoms in total. The van der Waals surface area contributed by atoms with Gasteiger partial charge in [0.2, 0.25) is 0 Å². The number of fused-ring (bicyclic) bond motifs is 1. The Labute approximate surface area is 205 Å². The molecule has 188 valence electrons. The number of carbonyl (C=O) groups excluding carboxylic acids is 2. The van der Waals surface area contributed by atoms with E-state index in [1.165, 1.54) is 43.6 Å². The lowest BCUT2D eigenvalue weighted by molar-refractivity contribution is -0.391. The molecule has 1 aliphatic heterocycles. The molecule has 0 saturated heterocycles. The molecule has 0 bridgehead atoms. The van der Waals surface area contributed by atoms with Crippen LogP contribution in [0.3, 0.4) is 0 Å². The average molecular weight is 527 g/mol. The maximum absolute atomic E-state index is 13.4. The first-order valence-electron chi connectivity index (χ1n) is 9.99. The van der Waals surface area contributed by atoms with Crippen LogP contribution in [-0.4, -0.2) is 36.2 Å². The Balaban J connectivity index is 1.41. The van der Waals surface area contributed by atoms with E-state index in [0.29, 0.717) is 11.5 Å². The molecule has 0 spiro atoms. The molecule has 3 aromatic rings. The second-order valence-electron chi connectivity index (χ2n) is 7.18. The number of nitrogens with one attached hydrogen (secondary N) is 3. The van der Waals surface area contributed by atoms with Crippen LogP contribution in [0, 0.1) is 0 Å². The predicted octanol–water partition coefficient (Wildman–Crippen LogP) is 5.49. The molecule has 0 radical (unpaired) electrons. The van der Waals surface area contributed by atoms with Crippen LogP contribution in [0.4, 0.5) is 33.7 Å². The molecule has 3 amide bonds. The van der Waals surface area contributed by atoms with Crippen molar-refractivity contribution in [3.8, 4) is 23.0 Å². The highest BCUT2D eigenvalue weighted by atomic mass is 35.5. The van der Waals surface area contributed by atoms with E-state index in [0.717, 1.165) is 18.2 Å². The van der Waals surface area contributed by atoms with Crippen LogP contribution in [-0.2, 0) is 0 Å². The predicted molar refractivity (Wildman–Crippen MR) is 119 cm³/mol. The fourth-order valence-electron chi connectivity index (χ4n) is 2.95. The first-order chi connectivity index (χ1) is 17.0. The first kappa shape index (κ1) is 24.9. The molecule has 3 N–H and O–H groups in total. The average Bonchev–Trinajstić information content (AvgIpc) is 2.81. The Kier molecular flexibility index (Phi) is 6.50. The van der Waals surface area contributed by atoms with Gasteiger partial charge >= 0.3 is 18.2 Å². The van der Waals surface area contributed by atoms with Gasteiger partial charge in [-0.15, -0.1) is 0 Å². The van der Waals surface area contributed by atoms with Crippen molar-refractivity contribution >= 4 is 34.9 Å².